The molecule has 1 atom stereocenters. The van der Waals surface area contributed by atoms with E-state index in [0.29, 0.717) is 16.3 Å². The fraction of sp³-hybridized carbons (Fsp3) is 0.227. The molecule has 3 rings (SSSR count). The fourth-order valence-corrected chi connectivity index (χ4v) is 3.42. The van der Waals surface area contributed by atoms with Crippen LogP contribution in [0.1, 0.15) is 19.4 Å². The number of benzene rings is 2. The molecule has 1 fully saturated rings. The minimum Gasteiger partial charge on any atom is -0.453 e. The first kappa shape index (κ1) is 21.7. The summed E-state index contributed by atoms with van der Waals surface area (Å²) in [6.07, 6.45) is 0. The van der Waals surface area contributed by atoms with Gasteiger partial charge >= 0.3 is 12.0 Å². The van der Waals surface area contributed by atoms with Crippen LogP contribution < -0.4 is 4.90 Å². The number of rotatable bonds is 4. The summed E-state index contributed by atoms with van der Waals surface area (Å²) in [5.41, 5.74) is -0.374. The topological polar surface area (TPSA) is 66.9 Å². The number of hydrogen-bond acceptors (Lipinski definition) is 4. The Hall–Kier alpha value is -3.01. The smallest absolute Gasteiger partial charge is 0.333 e. The Morgan fingerprint density at radius 2 is 1.83 bits per heavy atom. The van der Waals surface area contributed by atoms with Gasteiger partial charge in [0.1, 0.15) is 5.54 Å². The van der Waals surface area contributed by atoms with Gasteiger partial charge in [-0.05, 0) is 36.8 Å². The zero-order valence-electron chi connectivity index (χ0n) is 16.2. The molecule has 2 aromatic carbocycles. The molecule has 3 amide bonds. The van der Waals surface area contributed by atoms with Crippen LogP contribution in [0, 0.1) is 17.9 Å². The van der Waals surface area contributed by atoms with Crippen molar-refractivity contribution in [2.24, 2.45) is 0 Å². The predicted octanol–water partition coefficient (Wildman–Crippen LogP) is 4.04. The van der Waals surface area contributed by atoms with E-state index in [-0.39, 0.29) is 18.2 Å². The Kier molecular flexibility index (Phi) is 6.35. The number of ether oxygens (including phenoxy) is 1. The van der Waals surface area contributed by atoms with Crippen molar-refractivity contribution in [3.8, 4) is 11.8 Å². The van der Waals surface area contributed by atoms with Gasteiger partial charge in [0.05, 0.1) is 22.3 Å². The Morgan fingerprint density at radius 1 is 1.13 bits per heavy atom. The Bertz CT molecular complexity index is 1060. The molecule has 1 unspecified atom stereocenters. The minimum atomic E-state index is -1.30. The third-order valence-corrected chi connectivity index (χ3v) is 5.47. The van der Waals surface area contributed by atoms with Crippen LogP contribution in [0.15, 0.2) is 42.5 Å². The van der Waals surface area contributed by atoms with Gasteiger partial charge in [-0.25, -0.2) is 9.69 Å². The third-order valence-electron chi connectivity index (χ3n) is 4.73. The van der Waals surface area contributed by atoms with Crippen LogP contribution in [-0.2, 0) is 19.9 Å². The summed E-state index contributed by atoms with van der Waals surface area (Å²) >= 11 is 12.1. The van der Waals surface area contributed by atoms with Gasteiger partial charge in [-0.15, -0.1) is 0 Å². The molecule has 1 heterocycles. The molecule has 153 valence electrons. The molecule has 0 aliphatic carbocycles. The summed E-state index contributed by atoms with van der Waals surface area (Å²) < 4.78 is 4.78. The number of nitrogens with zero attached hydrogens (tertiary/aromatic N) is 2. The third kappa shape index (κ3) is 4.00. The lowest BCUT2D eigenvalue weighted by Gasteiger charge is -2.30. The first-order valence-corrected chi connectivity index (χ1v) is 9.69. The fourth-order valence-electron chi connectivity index (χ4n) is 3.12. The summed E-state index contributed by atoms with van der Waals surface area (Å²) in [6, 6.07) is 13.7. The summed E-state index contributed by atoms with van der Waals surface area (Å²) in [5.74, 6) is 4.58. The van der Waals surface area contributed by atoms with E-state index in [1.54, 1.807) is 37.3 Å². The second-order valence-electron chi connectivity index (χ2n) is 6.60. The maximum absolute atomic E-state index is 13.5. The highest BCUT2D eigenvalue weighted by molar-refractivity contribution is 6.42. The molecule has 0 spiro atoms. The number of halogens is 2. The lowest BCUT2D eigenvalue weighted by Crippen LogP contribution is -2.44. The van der Waals surface area contributed by atoms with Gasteiger partial charge in [0, 0.05) is 6.92 Å². The lowest BCUT2D eigenvalue weighted by atomic mass is 9.90. The number of carbonyl (C=O) groups excluding carboxylic acids is 3. The molecule has 2 aromatic rings. The van der Waals surface area contributed by atoms with E-state index in [1.807, 2.05) is 0 Å². The van der Waals surface area contributed by atoms with Gasteiger partial charge in [0.25, 0.3) is 5.91 Å². The quantitative estimate of drug-likeness (QED) is 0.406. The van der Waals surface area contributed by atoms with Crippen LogP contribution in [0.4, 0.5) is 10.5 Å². The predicted molar refractivity (Wildman–Crippen MR) is 113 cm³/mol. The van der Waals surface area contributed by atoms with Gasteiger partial charge < -0.3 is 4.74 Å². The largest absolute Gasteiger partial charge is 0.453 e. The number of esters is 1. The Labute approximate surface area is 184 Å². The molecule has 0 N–H and O–H groups in total. The van der Waals surface area contributed by atoms with E-state index in [1.165, 1.54) is 24.0 Å². The van der Waals surface area contributed by atoms with E-state index in [4.69, 9.17) is 27.9 Å². The second-order valence-corrected chi connectivity index (χ2v) is 7.42. The summed E-state index contributed by atoms with van der Waals surface area (Å²) in [6.45, 7) is 2.80. The number of carbonyl (C=O) groups is 3. The van der Waals surface area contributed by atoms with Crippen LogP contribution in [0.2, 0.25) is 10.0 Å². The Balaban J connectivity index is 2.01. The average Bonchev–Trinajstić information content (AvgIpc) is 2.91. The average molecular weight is 444 g/mol. The second kappa shape index (κ2) is 8.78. The van der Waals surface area contributed by atoms with Gasteiger partial charge in [-0.3, -0.25) is 14.5 Å². The summed E-state index contributed by atoms with van der Waals surface area (Å²) in [4.78, 5) is 40.1. The maximum Gasteiger partial charge on any atom is 0.333 e. The van der Waals surface area contributed by atoms with Gasteiger partial charge in [0.2, 0.25) is 0 Å². The SMILES string of the molecule is CC(=O)OCC#CCN1C(=O)N(c2ccc(Cl)c(Cl)c2)C(=O)C1(C)c1cc[c]cc1. The minimum absolute atomic E-state index is 0.0429. The van der Waals surface area contributed by atoms with E-state index in [2.05, 4.69) is 17.9 Å². The number of imide groups is 1. The van der Waals surface area contributed by atoms with Crippen LogP contribution in [-0.4, -0.2) is 36.0 Å². The van der Waals surface area contributed by atoms with Crippen LogP contribution >= 0.6 is 23.2 Å². The molecule has 8 heteroatoms. The van der Waals surface area contributed by atoms with E-state index in [0.717, 1.165) is 4.90 Å². The number of amides is 3. The molecule has 0 bridgehead atoms. The van der Waals surface area contributed by atoms with Crippen molar-refractivity contribution >= 4 is 46.8 Å². The number of anilines is 1. The highest BCUT2D eigenvalue weighted by atomic mass is 35.5. The molecule has 1 saturated heterocycles. The molecule has 0 aromatic heterocycles. The Morgan fingerprint density at radius 3 is 2.47 bits per heavy atom. The normalized spacial score (nSPS) is 18.3. The highest BCUT2D eigenvalue weighted by Crippen LogP contribution is 2.40. The van der Waals surface area contributed by atoms with Gasteiger partial charge in [-0.1, -0.05) is 59.3 Å². The molecule has 1 radical (unpaired) electrons. The van der Waals surface area contributed by atoms with Crippen molar-refractivity contribution in [1.29, 1.82) is 0 Å². The highest BCUT2D eigenvalue weighted by Gasteiger charge is 2.55. The van der Waals surface area contributed by atoms with Gasteiger partial charge in [-0.2, -0.15) is 0 Å². The lowest BCUT2D eigenvalue weighted by molar-refractivity contribution is -0.139. The van der Waals surface area contributed by atoms with Crippen LogP contribution in [0.3, 0.4) is 0 Å². The molecular weight excluding hydrogens is 427 g/mol. The van der Waals surface area contributed by atoms with Crippen LogP contribution in [0.25, 0.3) is 0 Å². The summed E-state index contributed by atoms with van der Waals surface area (Å²) in [5, 5.41) is 0.541. The zero-order chi connectivity index (χ0) is 21.9. The molecule has 30 heavy (non-hydrogen) atoms. The van der Waals surface area contributed by atoms with Crippen molar-refractivity contribution in [2.75, 3.05) is 18.1 Å². The van der Waals surface area contributed by atoms with Crippen molar-refractivity contribution < 1.29 is 19.1 Å². The van der Waals surface area contributed by atoms with Crippen molar-refractivity contribution in [1.82, 2.24) is 4.90 Å². The first-order chi connectivity index (χ1) is 14.3. The summed E-state index contributed by atoms with van der Waals surface area (Å²) in [7, 11) is 0. The van der Waals surface area contributed by atoms with Crippen molar-refractivity contribution in [3.63, 3.8) is 0 Å². The van der Waals surface area contributed by atoms with Crippen molar-refractivity contribution in [2.45, 2.75) is 19.4 Å². The molecule has 6 nitrogen and oxygen atoms in total. The zero-order valence-corrected chi connectivity index (χ0v) is 17.8. The van der Waals surface area contributed by atoms with Gasteiger partial charge in [0.15, 0.2) is 6.61 Å². The standard InChI is InChI=1S/C22H17Cl2N2O4/c1-15(27)30-13-7-6-12-25-21(29)26(17-10-11-18(23)19(24)14-17)20(28)22(25,2)16-8-4-3-5-9-16/h4-5,8-11,14H,12-13H2,1-2H3. The number of urea groups is 1. The van der Waals surface area contributed by atoms with Crippen LogP contribution in [0.5, 0.6) is 0 Å². The number of hydrogen-bond donors (Lipinski definition) is 0. The monoisotopic (exact) mass is 443 g/mol. The maximum atomic E-state index is 13.5. The van der Waals surface area contributed by atoms with E-state index < -0.39 is 23.4 Å². The van der Waals surface area contributed by atoms with E-state index in [9.17, 15) is 14.4 Å². The van der Waals surface area contributed by atoms with E-state index >= 15 is 0 Å². The van der Waals surface area contributed by atoms with Crippen molar-refractivity contribution in [3.05, 3.63) is 64.1 Å². The molecule has 1 aliphatic heterocycles. The molecular formula is C22H17Cl2N2O4. The first-order valence-electron chi connectivity index (χ1n) is 8.93. The molecule has 1 aliphatic rings. The molecule has 0 saturated carbocycles.